The molecule has 0 bridgehead atoms. The Hall–Kier alpha value is -1.62. The lowest BCUT2D eigenvalue weighted by Crippen LogP contribution is -2.18. The van der Waals surface area contributed by atoms with Gasteiger partial charge in [0.15, 0.2) is 23.2 Å². The summed E-state index contributed by atoms with van der Waals surface area (Å²) in [6.07, 6.45) is 8.11. The van der Waals surface area contributed by atoms with E-state index in [0.717, 1.165) is 43.9 Å². The Balaban J connectivity index is 1.91. The lowest BCUT2D eigenvalue weighted by atomic mass is 9.76. The molecule has 0 unspecified atom stereocenters. The van der Waals surface area contributed by atoms with Gasteiger partial charge in [0.25, 0.3) is 0 Å². The summed E-state index contributed by atoms with van der Waals surface area (Å²) in [6, 6.07) is 1.70. The largest absolute Gasteiger partial charge is 0.450 e. The van der Waals surface area contributed by atoms with Crippen LogP contribution in [0.3, 0.4) is 0 Å². The van der Waals surface area contributed by atoms with E-state index in [2.05, 4.69) is 20.1 Å². The molecule has 28 heavy (non-hydrogen) atoms. The van der Waals surface area contributed by atoms with E-state index in [9.17, 15) is 13.2 Å². The molecule has 5 heteroatoms. The monoisotopic (exact) mass is 408 g/mol. The third kappa shape index (κ3) is 4.05. The Morgan fingerprint density at radius 1 is 1.21 bits per heavy atom. The number of allylic oxidation sites excluding steroid dienone is 2. The zero-order valence-electron chi connectivity index (χ0n) is 16.5. The molecule has 1 aliphatic heterocycles. The number of thioether (sulfide) groups is 1. The lowest BCUT2D eigenvalue weighted by Gasteiger charge is -2.30. The van der Waals surface area contributed by atoms with E-state index in [1.54, 1.807) is 12.3 Å². The highest BCUT2D eigenvalue weighted by Crippen LogP contribution is 2.44. The normalized spacial score (nSPS) is 23.8. The van der Waals surface area contributed by atoms with E-state index in [4.69, 9.17) is 4.74 Å². The fourth-order valence-electron chi connectivity index (χ4n) is 4.29. The fraction of sp³-hybridized carbons (Fsp3) is 0.478. The van der Waals surface area contributed by atoms with E-state index < -0.39 is 17.5 Å². The maximum absolute atomic E-state index is 14.9. The van der Waals surface area contributed by atoms with Crippen LogP contribution in [0.15, 0.2) is 41.3 Å². The van der Waals surface area contributed by atoms with Crippen LogP contribution in [-0.4, -0.2) is 6.26 Å². The third-order valence-corrected chi connectivity index (χ3v) is 6.54. The van der Waals surface area contributed by atoms with E-state index in [1.807, 2.05) is 0 Å². The fourth-order valence-corrected chi connectivity index (χ4v) is 4.57. The van der Waals surface area contributed by atoms with Gasteiger partial charge in [0, 0.05) is 16.9 Å². The van der Waals surface area contributed by atoms with Crippen molar-refractivity contribution in [2.45, 2.75) is 57.8 Å². The molecule has 1 saturated carbocycles. The Bertz CT molecular complexity index is 820. The Kier molecular flexibility index (Phi) is 6.64. The number of hydrogen-bond donors (Lipinski definition) is 0. The molecular weight excluding hydrogens is 381 g/mol. The second kappa shape index (κ2) is 8.81. The first-order valence-corrected chi connectivity index (χ1v) is 11.1. The van der Waals surface area contributed by atoms with Crippen molar-refractivity contribution in [3.8, 4) is 5.75 Å². The Morgan fingerprint density at radius 2 is 1.89 bits per heavy atom. The van der Waals surface area contributed by atoms with Crippen molar-refractivity contribution in [1.29, 1.82) is 0 Å². The van der Waals surface area contributed by atoms with E-state index in [0.29, 0.717) is 22.6 Å². The average Bonchev–Trinajstić information content (AvgIpc) is 2.70. The highest BCUT2D eigenvalue weighted by Gasteiger charge is 2.32. The quantitative estimate of drug-likeness (QED) is 0.496. The molecule has 0 aromatic heterocycles. The Morgan fingerprint density at radius 3 is 2.50 bits per heavy atom. The third-order valence-electron chi connectivity index (χ3n) is 5.87. The topological polar surface area (TPSA) is 9.23 Å². The van der Waals surface area contributed by atoms with E-state index in [-0.39, 0.29) is 28.8 Å². The van der Waals surface area contributed by atoms with Crippen molar-refractivity contribution in [2.75, 3.05) is 6.26 Å². The predicted molar refractivity (Wildman–Crippen MR) is 110 cm³/mol. The molecule has 0 N–H and O–H groups in total. The highest BCUT2D eigenvalue weighted by molar-refractivity contribution is 8.02. The van der Waals surface area contributed by atoms with Gasteiger partial charge in [-0.25, -0.2) is 8.78 Å². The Labute approximate surface area is 169 Å². The number of rotatable bonds is 5. The van der Waals surface area contributed by atoms with Crippen molar-refractivity contribution in [1.82, 2.24) is 0 Å². The molecule has 0 atom stereocenters. The minimum Gasteiger partial charge on any atom is -0.450 e. The summed E-state index contributed by atoms with van der Waals surface area (Å²) in [4.78, 5) is 0.168. The van der Waals surface area contributed by atoms with Crippen LogP contribution in [0.2, 0.25) is 0 Å². The summed E-state index contributed by atoms with van der Waals surface area (Å²) in [5.41, 5.74) is 1.36. The maximum atomic E-state index is 14.9. The molecule has 1 aromatic rings. The first kappa shape index (κ1) is 21.1. The standard InChI is InChI=1S/C23H27F3OS/c1-5-6-15-7-9-16(10-8-15)18-12-17-11-13(2)22(19(24)14(3)28-4)27-23(17)21(26)20(18)25/h12,15-16H,2-3,5-11H2,1,4H3/b22-19-. The first-order chi connectivity index (χ1) is 13.4. The summed E-state index contributed by atoms with van der Waals surface area (Å²) < 4.78 is 49.6. The van der Waals surface area contributed by atoms with Gasteiger partial charge in [0.1, 0.15) is 0 Å². The number of benzene rings is 1. The van der Waals surface area contributed by atoms with Gasteiger partial charge in [-0.2, -0.15) is 4.39 Å². The van der Waals surface area contributed by atoms with Crippen molar-refractivity contribution in [2.24, 2.45) is 5.92 Å². The van der Waals surface area contributed by atoms with Crippen molar-refractivity contribution in [3.05, 3.63) is 64.0 Å². The molecule has 1 aromatic carbocycles. The molecule has 1 fully saturated rings. The van der Waals surface area contributed by atoms with Crippen molar-refractivity contribution < 1.29 is 17.9 Å². The first-order valence-electron chi connectivity index (χ1n) is 9.87. The van der Waals surface area contributed by atoms with Gasteiger partial charge in [0.2, 0.25) is 5.82 Å². The summed E-state index contributed by atoms with van der Waals surface area (Å²) in [5, 5.41) is 0. The van der Waals surface area contributed by atoms with Crippen LogP contribution in [0.4, 0.5) is 13.2 Å². The molecule has 3 rings (SSSR count). The van der Waals surface area contributed by atoms with Crippen LogP contribution in [0.1, 0.15) is 62.5 Å². The van der Waals surface area contributed by atoms with Crippen LogP contribution >= 0.6 is 11.8 Å². The molecule has 152 valence electrons. The van der Waals surface area contributed by atoms with Crippen LogP contribution in [0.5, 0.6) is 5.75 Å². The molecule has 0 saturated heterocycles. The van der Waals surface area contributed by atoms with Gasteiger partial charge in [-0.1, -0.05) is 32.9 Å². The van der Waals surface area contributed by atoms with Gasteiger partial charge in [-0.15, -0.1) is 11.8 Å². The molecule has 0 amide bonds. The number of halogens is 3. The molecular formula is C23H27F3OS. The van der Waals surface area contributed by atoms with E-state index in [1.165, 1.54) is 6.42 Å². The van der Waals surface area contributed by atoms with Crippen molar-refractivity contribution in [3.63, 3.8) is 0 Å². The lowest BCUT2D eigenvalue weighted by molar-refractivity contribution is 0.300. The zero-order chi connectivity index (χ0) is 20.4. The highest BCUT2D eigenvalue weighted by atomic mass is 32.2. The van der Waals surface area contributed by atoms with Gasteiger partial charge < -0.3 is 4.74 Å². The predicted octanol–water partition coefficient (Wildman–Crippen LogP) is 7.59. The van der Waals surface area contributed by atoms with Gasteiger partial charge in [-0.05, 0) is 61.0 Å². The number of fused-ring (bicyclic) bond motifs is 1. The maximum Gasteiger partial charge on any atom is 0.201 e. The minimum absolute atomic E-state index is 0.0196. The number of hydrogen-bond acceptors (Lipinski definition) is 2. The summed E-state index contributed by atoms with van der Waals surface area (Å²) >= 11 is 1.13. The van der Waals surface area contributed by atoms with Crippen LogP contribution in [0.25, 0.3) is 0 Å². The molecule has 1 aliphatic carbocycles. The molecule has 0 spiro atoms. The molecule has 2 aliphatic rings. The minimum atomic E-state index is -1.03. The van der Waals surface area contributed by atoms with Gasteiger partial charge >= 0.3 is 0 Å². The number of ether oxygens (including phenoxy) is 1. The zero-order valence-corrected chi connectivity index (χ0v) is 17.4. The van der Waals surface area contributed by atoms with Gasteiger partial charge in [-0.3, -0.25) is 0 Å². The molecule has 0 radical (unpaired) electrons. The second-order valence-corrected chi connectivity index (χ2v) is 8.64. The van der Waals surface area contributed by atoms with Crippen LogP contribution in [0, 0.1) is 17.6 Å². The second-order valence-electron chi connectivity index (χ2n) is 7.74. The average molecular weight is 409 g/mol. The van der Waals surface area contributed by atoms with Crippen molar-refractivity contribution >= 4 is 11.8 Å². The summed E-state index contributed by atoms with van der Waals surface area (Å²) in [7, 11) is 0. The molecule has 1 nitrogen and oxygen atoms in total. The summed E-state index contributed by atoms with van der Waals surface area (Å²) in [6.45, 7) is 9.66. The van der Waals surface area contributed by atoms with Gasteiger partial charge in [0.05, 0.1) is 0 Å². The van der Waals surface area contributed by atoms with Crippen LogP contribution in [-0.2, 0) is 6.42 Å². The smallest absolute Gasteiger partial charge is 0.201 e. The summed E-state index contributed by atoms with van der Waals surface area (Å²) in [5.74, 6) is -2.25. The van der Waals surface area contributed by atoms with E-state index >= 15 is 0 Å². The molecule has 1 heterocycles. The van der Waals surface area contributed by atoms with Crippen LogP contribution < -0.4 is 4.74 Å². The SMILES string of the molecule is C=C(SC)/C(F)=C1/Oc2c(cc(C3CCC(CCC)CC3)c(F)c2F)CC1=C.